The molecule has 0 radical (unpaired) electrons. The van der Waals surface area contributed by atoms with Gasteiger partial charge in [0.1, 0.15) is 5.58 Å². The topological polar surface area (TPSA) is 59.5 Å². The van der Waals surface area contributed by atoms with Crippen molar-refractivity contribution in [3.63, 3.8) is 0 Å². The molecule has 1 aromatic carbocycles. The molecule has 1 saturated heterocycles. The van der Waals surface area contributed by atoms with Crippen LogP contribution in [-0.4, -0.2) is 30.4 Å². The highest BCUT2D eigenvalue weighted by Gasteiger charge is 2.28. The van der Waals surface area contributed by atoms with Crippen molar-refractivity contribution < 1.29 is 9.21 Å². The molecule has 1 fully saturated rings. The van der Waals surface area contributed by atoms with Gasteiger partial charge < -0.3 is 15.1 Å². The third-order valence-corrected chi connectivity index (χ3v) is 4.53. The molecule has 3 rings (SSSR count). The first kappa shape index (κ1) is 15.1. The molecule has 0 spiro atoms. The van der Waals surface area contributed by atoms with Crippen LogP contribution in [0.25, 0.3) is 11.0 Å². The van der Waals surface area contributed by atoms with E-state index in [1.165, 1.54) is 19.3 Å². The summed E-state index contributed by atoms with van der Waals surface area (Å²) >= 11 is 0. The average molecular weight is 300 g/mol. The summed E-state index contributed by atoms with van der Waals surface area (Å²) in [6.45, 7) is 2.48. The van der Waals surface area contributed by atoms with Gasteiger partial charge in [-0.2, -0.15) is 0 Å². The fourth-order valence-electron chi connectivity index (χ4n) is 3.25. The molecule has 0 aliphatic carbocycles. The lowest BCUT2D eigenvalue weighted by atomic mass is 10.0. The molecular formula is C18H24N2O2. The molecule has 1 aliphatic heterocycles. The summed E-state index contributed by atoms with van der Waals surface area (Å²) in [5, 5.41) is 0.989. The normalized spacial score (nSPS) is 18.2. The van der Waals surface area contributed by atoms with Crippen LogP contribution < -0.4 is 5.73 Å². The molecule has 4 nitrogen and oxygen atoms in total. The molecule has 22 heavy (non-hydrogen) atoms. The van der Waals surface area contributed by atoms with Crippen LogP contribution in [0.1, 0.15) is 42.7 Å². The van der Waals surface area contributed by atoms with Crippen LogP contribution in [0.2, 0.25) is 0 Å². The fourth-order valence-corrected chi connectivity index (χ4v) is 3.25. The van der Waals surface area contributed by atoms with Gasteiger partial charge >= 0.3 is 0 Å². The SMILES string of the molecule is NCCCCCC1CCN(C(=O)c2cc3ccccc3o2)C1. The molecule has 1 aromatic heterocycles. The summed E-state index contributed by atoms with van der Waals surface area (Å²) in [4.78, 5) is 14.5. The lowest BCUT2D eigenvalue weighted by molar-refractivity contribution is 0.0757. The molecule has 1 aliphatic rings. The highest BCUT2D eigenvalue weighted by Crippen LogP contribution is 2.25. The lowest BCUT2D eigenvalue weighted by Gasteiger charge is -2.15. The summed E-state index contributed by atoms with van der Waals surface area (Å²) in [6.07, 6.45) is 5.83. The molecule has 1 atom stereocenters. The number of rotatable bonds is 6. The Bertz CT molecular complexity index is 602. The summed E-state index contributed by atoms with van der Waals surface area (Å²) in [7, 11) is 0. The molecule has 4 heteroatoms. The van der Waals surface area contributed by atoms with E-state index in [0.717, 1.165) is 43.4 Å². The Morgan fingerprint density at radius 1 is 1.27 bits per heavy atom. The zero-order valence-corrected chi connectivity index (χ0v) is 13.0. The predicted molar refractivity (Wildman–Crippen MR) is 87.7 cm³/mol. The van der Waals surface area contributed by atoms with Crippen molar-refractivity contribution in [2.75, 3.05) is 19.6 Å². The number of para-hydroxylation sites is 1. The zero-order valence-electron chi connectivity index (χ0n) is 13.0. The third kappa shape index (κ3) is 3.33. The number of likely N-dealkylation sites (tertiary alicyclic amines) is 1. The number of nitrogens with two attached hydrogens (primary N) is 1. The van der Waals surface area contributed by atoms with Crippen molar-refractivity contribution in [3.8, 4) is 0 Å². The van der Waals surface area contributed by atoms with Gasteiger partial charge in [-0.3, -0.25) is 4.79 Å². The highest BCUT2D eigenvalue weighted by atomic mass is 16.3. The second kappa shape index (κ2) is 6.97. The summed E-state index contributed by atoms with van der Waals surface area (Å²) in [5.41, 5.74) is 6.30. The quantitative estimate of drug-likeness (QED) is 0.832. The number of furan rings is 1. The standard InChI is InChI=1S/C18H24N2O2/c19-10-5-1-2-6-14-9-11-20(13-14)18(21)17-12-15-7-3-4-8-16(15)22-17/h3-4,7-8,12,14H,1-2,5-6,9-11,13,19H2. The van der Waals surface area contributed by atoms with E-state index in [4.69, 9.17) is 10.2 Å². The molecule has 118 valence electrons. The fraction of sp³-hybridized carbons (Fsp3) is 0.500. The van der Waals surface area contributed by atoms with Crippen LogP contribution in [0.3, 0.4) is 0 Å². The number of amides is 1. The minimum Gasteiger partial charge on any atom is -0.451 e. The first-order chi connectivity index (χ1) is 10.8. The van der Waals surface area contributed by atoms with Crippen molar-refractivity contribution in [1.29, 1.82) is 0 Å². The zero-order chi connectivity index (χ0) is 15.4. The Balaban J connectivity index is 1.57. The van der Waals surface area contributed by atoms with Crippen molar-refractivity contribution in [2.45, 2.75) is 32.1 Å². The Labute approximate surface area is 131 Å². The van der Waals surface area contributed by atoms with Gasteiger partial charge in [0.05, 0.1) is 0 Å². The summed E-state index contributed by atoms with van der Waals surface area (Å²) < 4.78 is 5.69. The Morgan fingerprint density at radius 3 is 2.95 bits per heavy atom. The van der Waals surface area contributed by atoms with E-state index in [1.54, 1.807) is 0 Å². The molecule has 0 bridgehead atoms. The molecule has 2 N–H and O–H groups in total. The van der Waals surface area contributed by atoms with Crippen LogP contribution in [0, 0.1) is 5.92 Å². The lowest BCUT2D eigenvalue weighted by Crippen LogP contribution is -2.28. The predicted octanol–water partition coefficient (Wildman–Crippen LogP) is 3.41. The molecule has 2 heterocycles. The number of carbonyl (C=O) groups excluding carboxylic acids is 1. The highest BCUT2D eigenvalue weighted by molar-refractivity contribution is 5.96. The Morgan fingerprint density at radius 2 is 2.14 bits per heavy atom. The second-order valence-electron chi connectivity index (χ2n) is 6.19. The number of nitrogens with zero attached hydrogens (tertiary/aromatic N) is 1. The Hall–Kier alpha value is -1.81. The molecule has 1 unspecified atom stereocenters. The smallest absolute Gasteiger partial charge is 0.289 e. The van der Waals surface area contributed by atoms with Gasteiger partial charge in [-0.15, -0.1) is 0 Å². The largest absolute Gasteiger partial charge is 0.451 e. The van der Waals surface area contributed by atoms with Crippen molar-refractivity contribution in [1.82, 2.24) is 4.90 Å². The van der Waals surface area contributed by atoms with E-state index in [2.05, 4.69) is 0 Å². The van der Waals surface area contributed by atoms with E-state index < -0.39 is 0 Å². The van der Waals surface area contributed by atoms with Crippen LogP contribution >= 0.6 is 0 Å². The maximum Gasteiger partial charge on any atom is 0.289 e. The van der Waals surface area contributed by atoms with Crippen molar-refractivity contribution in [3.05, 3.63) is 36.1 Å². The van der Waals surface area contributed by atoms with E-state index in [9.17, 15) is 4.79 Å². The van der Waals surface area contributed by atoms with E-state index >= 15 is 0 Å². The van der Waals surface area contributed by atoms with Crippen molar-refractivity contribution >= 4 is 16.9 Å². The monoisotopic (exact) mass is 300 g/mol. The van der Waals surface area contributed by atoms with Gasteiger partial charge in [-0.1, -0.05) is 31.0 Å². The summed E-state index contributed by atoms with van der Waals surface area (Å²) in [5.74, 6) is 1.12. The van der Waals surface area contributed by atoms with Crippen LogP contribution in [0.5, 0.6) is 0 Å². The molecule has 0 saturated carbocycles. The van der Waals surface area contributed by atoms with E-state index in [-0.39, 0.29) is 5.91 Å². The third-order valence-electron chi connectivity index (χ3n) is 4.53. The first-order valence-electron chi connectivity index (χ1n) is 8.26. The van der Waals surface area contributed by atoms with Gasteiger partial charge in [-0.25, -0.2) is 0 Å². The number of hydrogen-bond acceptors (Lipinski definition) is 3. The molecule has 1 amide bonds. The number of hydrogen-bond donors (Lipinski definition) is 1. The van der Waals surface area contributed by atoms with E-state index in [1.807, 2.05) is 35.2 Å². The maximum atomic E-state index is 12.6. The Kier molecular flexibility index (Phi) is 4.78. The molecule has 2 aromatic rings. The average Bonchev–Trinajstić information content (AvgIpc) is 3.17. The van der Waals surface area contributed by atoms with Crippen LogP contribution in [0.15, 0.2) is 34.7 Å². The first-order valence-corrected chi connectivity index (χ1v) is 8.26. The van der Waals surface area contributed by atoms with Crippen molar-refractivity contribution in [2.24, 2.45) is 11.7 Å². The van der Waals surface area contributed by atoms with Gasteiger partial charge in [0.15, 0.2) is 5.76 Å². The number of unbranched alkanes of at least 4 members (excludes halogenated alkanes) is 2. The minimum absolute atomic E-state index is 0.0284. The van der Waals surface area contributed by atoms with E-state index in [0.29, 0.717) is 11.7 Å². The van der Waals surface area contributed by atoms with Gasteiger partial charge in [0, 0.05) is 18.5 Å². The minimum atomic E-state index is 0.0284. The number of fused-ring (bicyclic) bond motifs is 1. The maximum absolute atomic E-state index is 12.6. The molecular weight excluding hydrogens is 276 g/mol. The summed E-state index contributed by atoms with van der Waals surface area (Å²) in [6, 6.07) is 9.61. The van der Waals surface area contributed by atoms with Gasteiger partial charge in [0.2, 0.25) is 0 Å². The van der Waals surface area contributed by atoms with Crippen LogP contribution in [-0.2, 0) is 0 Å². The van der Waals surface area contributed by atoms with Crippen LogP contribution in [0.4, 0.5) is 0 Å². The van der Waals surface area contributed by atoms with Gasteiger partial charge in [-0.05, 0) is 43.9 Å². The number of carbonyl (C=O) groups is 1. The second-order valence-corrected chi connectivity index (χ2v) is 6.19. The van der Waals surface area contributed by atoms with Gasteiger partial charge in [0.25, 0.3) is 5.91 Å². The number of benzene rings is 1.